The average molecular weight is 393 g/mol. The van der Waals surface area contributed by atoms with Crippen LogP contribution in [0.15, 0.2) is 97.2 Å². The van der Waals surface area contributed by atoms with Crippen LogP contribution in [0, 0.1) is 6.92 Å². The Kier molecular flexibility index (Phi) is 5.71. The Bertz CT molecular complexity index is 1150. The van der Waals surface area contributed by atoms with Crippen LogP contribution in [0.2, 0.25) is 0 Å². The largest absolute Gasteiger partial charge is 0.326 e. The van der Waals surface area contributed by atoms with Crippen molar-refractivity contribution >= 4 is 11.6 Å². The minimum absolute atomic E-state index is 0.0206. The molecule has 0 bridgehead atoms. The van der Waals surface area contributed by atoms with Gasteiger partial charge in [-0.25, -0.2) is 0 Å². The molecule has 3 aromatic carbocycles. The van der Waals surface area contributed by atoms with Gasteiger partial charge in [-0.15, -0.1) is 0 Å². The standard InChI is InChI=1S/C27H24N2O/c1-19-17-25(15-16-28-19)22-11-13-26(14-12-22)29-27(30)20(2)23-9-6-10-24(18-23)21-7-4-3-5-8-21/h3-18,20H,1-2H3,(H,29,30). The van der Waals surface area contributed by atoms with Crippen LogP contribution >= 0.6 is 0 Å². The minimum atomic E-state index is -0.254. The molecule has 0 saturated heterocycles. The van der Waals surface area contributed by atoms with Gasteiger partial charge in [-0.05, 0) is 65.9 Å². The van der Waals surface area contributed by atoms with Crippen LogP contribution in [0.4, 0.5) is 5.69 Å². The number of carbonyl (C=O) groups is 1. The Morgan fingerprint density at radius 3 is 2.17 bits per heavy atom. The lowest BCUT2D eigenvalue weighted by Gasteiger charge is -2.14. The molecule has 0 aliphatic rings. The highest BCUT2D eigenvalue weighted by atomic mass is 16.1. The lowest BCUT2D eigenvalue weighted by molar-refractivity contribution is -0.117. The third-order valence-electron chi connectivity index (χ3n) is 5.27. The van der Waals surface area contributed by atoms with Crippen molar-refractivity contribution in [3.05, 3.63) is 108 Å². The molecule has 3 nitrogen and oxygen atoms in total. The number of hydrogen-bond donors (Lipinski definition) is 1. The average Bonchev–Trinajstić information content (AvgIpc) is 2.80. The summed E-state index contributed by atoms with van der Waals surface area (Å²) >= 11 is 0. The molecule has 0 aliphatic carbocycles. The van der Waals surface area contributed by atoms with E-state index in [2.05, 4.69) is 40.6 Å². The van der Waals surface area contributed by atoms with Crippen LogP contribution in [-0.2, 0) is 4.79 Å². The Labute approximate surface area is 177 Å². The summed E-state index contributed by atoms with van der Waals surface area (Å²) in [4.78, 5) is 17.1. The fourth-order valence-corrected chi connectivity index (χ4v) is 3.49. The van der Waals surface area contributed by atoms with Crippen LogP contribution in [0.1, 0.15) is 24.1 Å². The second kappa shape index (κ2) is 8.75. The summed E-state index contributed by atoms with van der Waals surface area (Å²) in [6, 6.07) is 30.3. The molecule has 4 rings (SSSR count). The van der Waals surface area contributed by atoms with Gasteiger partial charge in [-0.3, -0.25) is 9.78 Å². The molecule has 30 heavy (non-hydrogen) atoms. The fraction of sp³-hybridized carbons (Fsp3) is 0.111. The molecule has 0 fully saturated rings. The fourth-order valence-electron chi connectivity index (χ4n) is 3.49. The molecule has 0 radical (unpaired) electrons. The number of amides is 1. The minimum Gasteiger partial charge on any atom is -0.326 e. The van der Waals surface area contributed by atoms with Gasteiger partial charge >= 0.3 is 0 Å². The van der Waals surface area contributed by atoms with Crippen molar-refractivity contribution in [2.45, 2.75) is 19.8 Å². The Balaban J connectivity index is 1.47. The number of aryl methyl sites for hydroxylation is 1. The highest BCUT2D eigenvalue weighted by Gasteiger charge is 2.16. The van der Waals surface area contributed by atoms with Crippen LogP contribution in [-0.4, -0.2) is 10.9 Å². The maximum Gasteiger partial charge on any atom is 0.231 e. The molecule has 4 aromatic rings. The lowest BCUT2D eigenvalue weighted by Crippen LogP contribution is -2.18. The first-order valence-electron chi connectivity index (χ1n) is 10.1. The smallest absolute Gasteiger partial charge is 0.231 e. The van der Waals surface area contributed by atoms with Crippen molar-refractivity contribution in [1.29, 1.82) is 0 Å². The van der Waals surface area contributed by atoms with Gasteiger partial charge in [0.25, 0.3) is 0 Å². The number of nitrogens with one attached hydrogen (secondary N) is 1. The molecule has 0 aliphatic heterocycles. The first kappa shape index (κ1) is 19.6. The highest BCUT2D eigenvalue weighted by molar-refractivity contribution is 5.96. The molecule has 1 heterocycles. The lowest BCUT2D eigenvalue weighted by atomic mass is 9.95. The summed E-state index contributed by atoms with van der Waals surface area (Å²) in [5, 5.41) is 3.04. The van der Waals surface area contributed by atoms with Gasteiger partial charge in [0.2, 0.25) is 5.91 Å². The third kappa shape index (κ3) is 4.47. The van der Waals surface area contributed by atoms with E-state index >= 15 is 0 Å². The summed E-state index contributed by atoms with van der Waals surface area (Å²) in [6.07, 6.45) is 1.81. The SMILES string of the molecule is Cc1cc(-c2ccc(NC(=O)C(C)c3cccc(-c4ccccc4)c3)cc2)ccn1. The molecule has 1 aromatic heterocycles. The molecule has 3 heteroatoms. The van der Waals surface area contributed by atoms with Gasteiger partial charge in [-0.1, -0.05) is 66.7 Å². The van der Waals surface area contributed by atoms with E-state index < -0.39 is 0 Å². The second-order valence-corrected chi connectivity index (χ2v) is 7.47. The van der Waals surface area contributed by atoms with Crippen molar-refractivity contribution in [3.8, 4) is 22.3 Å². The maximum absolute atomic E-state index is 12.8. The van der Waals surface area contributed by atoms with Crippen molar-refractivity contribution in [2.24, 2.45) is 0 Å². The Morgan fingerprint density at radius 2 is 1.43 bits per heavy atom. The van der Waals surface area contributed by atoms with Gasteiger partial charge in [0.1, 0.15) is 0 Å². The number of anilines is 1. The first-order valence-corrected chi connectivity index (χ1v) is 10.1. The number of benzene rings is 3. The van der Waals surface area contributed by atoms with Gasteiger partial charge in [0.05, 0.1) is 5.92 Å². The molecule has 1 N–H and O–H groups in total. The summed E-state index contributed by atoms with van der Waals surface area (Å²) in [5.74, 6) is -0.274. The molecule has 1 atom stereocenters. The molecular weight excluding hydrogens is 368 g/mol. The van der Waals surface area contributed by atoms with E-state index in [1.54, 1.807) is 0 Å². The zero-order valence-electron chi connectivity index (χ0n) is 17.2. The van der Waals surface area contributed by atoms with Gasteiger partial charge in [0, 0.05) is 17.6 Å². The number of aromatic nitrogens is 1. The summed E-state index contributed by atoms with van der Waals surface area (Å²) in [5.41, 5.74) is 7.25. The molecule has 148 valence electrons. The third-order valence-corrected chi connectivity index (χ3v) is 5.27. The molecular formula is C27H24N2O. The van der Waals surface area contributed by atoms with Gasteiger partial charge in [-0.2, -0.15) is 0 Å². The Morgan fingerprint density at radius 1 is 0.767 bits per heavy atom. The van der Waals surface area contributed by atoms with Crippen molar-refractivity contribution in [1.82, 2.24) is 4.98 Å². The van der Waals surface area contributed by atoms with E-state index in [0.717, 1.165) is 39.2 Å². The number of nitrogens with zero attached hydrogens (tertiary/aromatic N) is 1. The first-order chi connectivity index (χ1) is 14.6. The van der Waals surface area contributed by atoms with Gasteiger partial charge < -0.3 is 5.32 Å². The molecule has 0 spiro atoms. The van der Waals surface area contributed by atoms with E-state index in [4.69, 9.17) is 0 Å². The van der Waals surface area contributed by atoms with Crippen molar-refractivity contribution < 1.29 is 4.79 Å². The quantitative estimate of drug-likeness (QED) is 0.423. The Hall–Kier alpha value is -3.72. The number of pyridine rings is 1. The summed E-state index contributed by atoms with van der Waals surface area (Å²) in [6.45, 7) is 3.92. The van der Waals surface area contributed by atoms with Crippen molar-refractivity contribution in [3.63, 3.8) is 0 Å². The molecule has 0 saturated carbocycles. The summed E-state index contributed by atoms with van der Waals surface area (Å²) < 4.78 is 0. The van der Waals surface area contributed by atoms with E-state index in [9.17, 15) is 4.79 Å². The van der Waals surface area contributed by atoms with Crippen LogP contribution < -0.4 is 5.32 Å². The number of hydrogen-bond acceptors (Lipinski definition) is 2. The molecule has 1 amide bonds. The zero-order chi connectivity index (χ0) is 20.9. The normalized spacial score (nSPS) is 11.7. The van der Waals surface area contributed by atoms with E-state index in [0.29, 0.717) is 0 Å². The van der Waals surface area contributed by atoms with Gasteiger partial charge in [0.15, 0.2) is 0 Å². The van der Waals surface area contributed by atoms with E-state index in [1.165, 1.54) is 0 Å². The topological polar surface area (TPSA) is 42.0 Å². The summed E-state index contributed by atoms with van der Waals surface area (Å²) in [7, 11) is 0. The van der Waals surface area contributed by atoms with Crippen LogP contribution in [0.5, 0.6) is 0 Å². The van der Waals surface area contributed by atoms with Crippen LogP contribution in [0.3, 0.4) is 0 Å². The second-order valence-electron chi connectivity index (χ2n) is 7.47. The van der Waals surface area contributed by atoms with Crippen LogP contribution in [0.25, 0.3) is 22.3 Å². The molecule has 1 unspecified atom stereocenters. The zero-order valence-corrected chi connectivity index (χ0v) is 17.2. The predicted octanol–water partition coefficient (Wildman–Crippen LogP) is 6.47. The van der Waals surface area contributed by atoms with Crippen molar-refractivity contribution in [2.75, 3.05) is 5.32 Å². The predicted molar refractivity (Wildman–Crippen MR) is 123 cm³/mol. The monoisotopic (exact) mass is 392 g/mol. The highest BCUT2D eigenvalue weighted by Crippen LogP contribution is 2.26. The maximum atomic E-state index is 12.8. The number of carbonyl (C=O) groups excluding carboxylic acids is 1. The van der Waals surface area contributed by atoms with E-state index in [1.807, 2.05) is 80.7 Å². The van der Waals surface area contributed by atoms with E-state index in [-0.39, 0.29) is 11.8 Å². The number of rotatable bonds is 5.